The van der Waals surface area contributed by atoms with Gasteiger partial charge < -0.3 is 10.1 Å². The van der Waals surface area contributed by atoms with E-state index < -0.39 is 4.92 Å². The molecule has 0 atom stereocenters. The third-order valence-electron chi connectivity index (χ3n) is 2.68. The van der Waals surface area contributed by atoms with E-state index in [1.54, 1.807) is 24.5 Å². The minimum atomic E-state index is -0.476. The Morgan fingerprint density at radius 1 is 1.33 bits per heavy atom. The molecular weight excluding hydrogens is 272 g/mol. The monoisotopic (exact) mass is 288 g/mol. The molecule has 0 spiro atoms. The zero-order chi connectivity index (χ0) is 15.1. The lowest BCUT2D eigenvalue weighted by atomic mass is 10.3. The van der Waals surface area contributed by atoms with Gasteiger partial charge in [0.05, 0.1) is 11.0 Å². The van der Waals surface area contributed by atoms with Crippen molar-refractivity contribution in [2.24, 2.45) is 0 Å². The van der Waals surface area contributed by atoms with Gasteiger partial charge in [0.15, 0.2) is 0 Å². The van der Waals surface area contributed by atoms with Crippen LogP contribution in [0.1, 0.15) is 18.9 Å². The number of non-ortho nitro benzene ring substituents is 1. The normalized spacial score (nSPS) is 10.3. The minimum Gasteiger partial charge on any atom is -0.424 e. The van der Waals surface area contributed by atoms with Crippen LogP contribution in [0.4, 0.5) is 5.69 Å². The second-order valence-corrected chi connectivity index (χ2v) is 4.41. The molecule has 1 N–H and O–H groups in total. The fourth-order valence-corrected chi connectivity index (χ4v) is 1.66. The SMILES string of the molecule is CCCNCc1cnc(Oc2cccc([N+](=O)[O-])c2)nc1. The van der Waals surface area contributed by atoms with Crippen LogP contribution in [-0.4, -0.2) is 21.4 Å². The number of benzene rings is 1. The number of nitrogens with zero attached hydrogens (tertiary/aromatic N) is 3. The average molecular weight is 288 g/mol. The summed E-state index contributed by atoms with van der Waals surface area (Å²) in [5.41, 5.74) is 0.919. The van der Waals surface area contributed by atoms with Gasteiger partial charge in [-0.25, -0.2) is 9.97 Å². The molecule has 7 nitrogen and oxygen atoms in total. The molecule has 0 fully saturated rings. The molecule has 0 aliphatic carbocycles. The van der Waals surface area contributed by atoms with Crippen LogP contribution in [0.3, 0.4) is 0 Å². The zero-order valence-corrected chi connectivity index (χ0v) is 11.7. The topological polar surface area (TPSA) is 90.2 Å². The van der Waals surface area contributed by atoms with Crippen LogP contribution in [-0.2, 0) is 6.54 Å². The van der Waals surface area contributed by atoms with E-state index >= 15 is 0 Å². The third kappa shape index (κ3) is 4.50. The molecule has 0 aliphatic heterocycles. The number of nitro groups is 1. The molecule has 21 heavy (non-hydrogen) atoms. The average Bonchev–Trinajstić information content (AvgIpc) is 2.49. The Kier molecular flexibility index (Phi) is 5.16. The van der Waals surface area contributed by atoms with Gasteiger partial charge in [0, 0.05) is 30.6 Å². The van der Waals surface area contributed by atoms with Crippen LogP contribution in [0.15, 0.2) is 36.7 Å². The van der Waals surface area contributed by atoms with E-state index in [1.807, 2.05) is 0 Å². The van der Waals surface area contributed by atoms with Gasteiger partial charge in [-0.3, -0.25) is 10.1 Å². The quantitative estimate of drug-likeness (QED) is 0.478. The fourth-order valence-electron chi connectivity index (χ4n) is 1.66. The van der Waals surface area contributed by atoms with E-state index in [9.17, 15) is 10.1 Å². The number of aromatic nitrogens is 2. The summed E-state index contributed by atoms with van der Waals surface area (Å²) in [4.78, 5) is 18.4. The third-order valence-corrected chi connectivity index (χ3v) is 2.68. The van der Waals surface area contributed by atoms with Crippen molar-refractivity contribution >= 4 is 5.69 Å². The Balaban J connectivity index is 1.99. The molecule has 2 aromatic rings. The molecule has 2 rings (SSSR count). The van der Waals surface area contributed by atoms with E-state index in [4.69, 9.17) is 4.74 Å². The molecule has 0 amide bonds. The van der Waals surface area contributed by atoms with E-state index in [0.29, 0.717) is 12.3 Å². The number of nitro benzene ring substituents is 1. The molecule has 0 saturated heterocycles. The molecule has 0 aliphatic rings. The Morgan fingerprint density at radius 3 is 2.76 bits per heavy atom. The number of hydrogen-bond donors (Lipinski definition) is 1. The molecule has 0 unspecified atom stereocenters. The van der Waals surface area contributed by atoms with Crippen molar-refractivity contribution in [1.82, 2.24) is 15.3 Å². The van der Waals surface area contributed by atoms with E-state index in [2.05, 4.69) is 22.2 Å². The summed E-state index contributed by atoms with van der Waals surface area (Å²) in [6, 6.07) is 6.06. The first kappa shape index (κ1) is 14.9. The maximum absolute atomic E-state index is 10.7. The van der Waals surface area contributed by atoms with Crippen molar-refractivity contribution in [3.63, 3.8) is 0 Å². The highest BCUT2D eigenvalue weighted by atomic mass is 16.6. The lowest BCUT2D eigenvalue weighted by Gasteiger charge is -2.05. The molecule has 110 valence electrons. The lowest BCUT2D eigenvalue weighted by molar-refractivity contribution is -0.384. The standard InChI is InChI=1S/C14H16N4O3/c1-2-6-15-8-11-9-16-14(17-10-11)21-13-5-3-4-12(7-13)18(19)20/h3-5,7,9-10,15H,2,6,8H2,1H3. The maximum Gasteiger partial charge on any atom is 0.321 e. The number of hydrogen-bond acceptors (Lipinski definition) is 6. The Hall–Kier alpha value is -2.54. The summed E-state index contributed by atoms with van der Waals surface area (Å²) in [6.45, 7) is 3.73. The van der Waals surface area contributed by atoms with Crippen molar-refractivity contribution in [2.45, 2.75) is 19.9 Å². The van der Waals surface area contributed by atoms with E-state index in [1.165, 1.54) is 12.1 Å². The highest BCUT2D eigenvalue weighted by molar-refractivity contribution is 5.38. The van der Waals surface area contributed by atoms with E-state index in [-0.39, 0.29) is 11.7 Å². The van der Waals surface area contributed by atoms with Crippen molar-refractivity contribution in [1.29, 1.82) is 0 Å². The van der Waals surface area contributed by atoms with Gasteiger partial charge in [0.25, 0.3) is 5.69 Å². The largest absolute Gasteiger partial charge is 0.424 e. The summed E-state index contributed by atoms with van der Waals surface area (Å²) in [5.74, 6) is 0.334. The van der Waals surface area contributed by atoms with Crippen LogP contribution in [0.2, 0.25) is 0 Å². The van der Waals surface area contributed by atoms with Crippen LogP contribution in [0, 0.1) is 10.1 Å². The molecule has 1 aromatic carbocycles. The van der Waals surface area contributed by atoms with Crippen molar-refractivity contribution in [3.8, 4) is 11.8 Å². The van der Waals surface area contributed by atoms with Gasteiger partial charge in [-0.2, -0.15) is 0 Å². The molecule has 1 aromatic heterocycles. The van der Waals surface area contributed by atoms with Crippen molar-refractivity contribution in [2.75, 3.05) is 6.54 Å². The first-order valence-corrected chi connectivity index (χ1v) is 6.63. The summed E-state index contributed by atoms with van der Waals surface area (Å²) >= 11 is 0. The zero-order valence-electron chi connectivity index (χ0n) is 11.7. The van der Waals surface area contributed by atoms with Gasteiger partial charge in [-0.15, -0.1) is 0 Å². The summed E-state index contributed by atoms with van der Waals surface area (Å²) in [6.07, 6.45) is 4.40. The number of rotatable bonds is 7. The Morgan fingerprint density at radius 2 is 2.10 bits per heavy atom. The summed E-state index contributed by atoms with van der Waals surface area (Å²) in [5, 5.41) is 13.9. The van der Waals surface area contributed by atoms with Gasteiger partial charge >= 0.3 is 6.01 Å². The van der Waals surface area contributed by atoms with E-state index in [0.717, 1.165) is 18.5 Å². The number of nitrogens with one attached hydrogen (secondary N) is 1. The Bertz CT molecular complexity index is 601. The second kappa shape index (κ2) is 7.30. The lowest BCUT2D eigenvalue weighted by Crippen LogP contribution is -2.14. The van der Waals surface area contributed by atoms with Crippen LogP contribution in [0.25, 0.3) is 0 Å². The fraction of sp³-hybridized carbons (Fsp3) is 0.286. The first-order valence-electron chi connectivity index (χ1n) is 6.63. The van der Waals surface area contributed by atoms with Gasteiger partial charge in [-0.05, 0) is 19.0 Å². The molecule has 0 bridgehead atoms. The molecule has 7 heteroatoms. The highest BCUT2D eigenvalue weighted by Gasteiger charge is 2.08. The molecule has 1 heterocycles. The smallest absolute Gasteiger partial charge is 0.321 e. The number of ether oxygens (including phenoxy) is 1. The van der Waals surface area contributed by atoms with Gasteiger partial charge in [-0.1, -0.05) is 13.0 Å². The van der Waals surface area contributed by atoms with Gasteiger partial charge in [0.2, 0.25) is 0 Å². The Labute approximate surface area is 122 Å². The summed E-state index contributed by atoms with van der Waals surface area (Å²) in [7, 11) is 0. The molecular formula is C14H16N4O3. The molecule has 0 radical (unpaired) electrons. The first-order chi connectivity index (χ1) is 10.2. The minimum absolute atomic E-state index is 0.0344. The summed E-state index contributed by atoms with van der Waals surface area (Å²) < 4.78 is 5.40. The second-order valence-electron chi connectivity index (χ2n) is 4.41. The van der Waals surface area contributed by atoms with Gasteiger partial charge in [0.1, 0.15) is 5.75 Å². The van der Waals surface area contributed by atoms with Crippen LogP contribution < -0.4 is 10.1 Å². The van der Waals surface area contributed by atoms with Crippen molar-refractivity contribution < 1.29 is 9.66 Å². The van der Waals surface area contributed by atoms with Crippen LogP contribution in [0.5, 0.6) is 11.8 Å². The van der Waals surface area contributed by atoms with Crippen molar-refractivity contribution in [3.05, 3.63) is 52.3 Å². The predicted octanol–water partition coefficient (Wildman–Crippen LogP) is 2.68. The molecule has 0 saturated carbocycles. The highest BCUT2D eigenvalue weighted by Crippen LogP contribution is 2.22. The maximum atomic E-state index is 10.7. The van der Waals surface area contributed by atoms with Crippen LogP contribution >= 0.6 is 0 Å². The predicted molar refractivity (Wildman–Crippen MR) is 77.2 cm³/mol.